The maximum absolute atomic E-state index is 5.63. The Kier molecular flexibility index (Phi) is 5.49. The number of alkyl halides is 1. The van der Waals surface area contributed by atoms with Crippen molar-refractivity contribution in [3.8, 4) is 0 Å². The van der Waals surface area contributed by atoms with E-state index >= 15 is 0 Å². The van der Waals surface area contributed by atoms with Crippen molar-refractivity contribution in [1.82, 2.24) is 4.90 Å². The Labute approximate surface area is 112 Å². The monoisotopic (exact) mass is 297 g/mol. The van der Waals surface area contributed by atoms with Crippen LogP contribution in [-0.4, -0.2) is 42.6 Å². The van der Waals surface area contributed by atoms with Gasteiger partial charge in [-0.2, -0.15) is 0 Å². The van der Waals surface area contributed by atoms with E-state index in [-0.39, 0.29) is 0 Å². The quantitative estimate of drug-likeness (QED) is 0.775. The molecule has 17 heavy (non-hydrogen) atoms. The molecule has 0 amide bonds. The van der Waals surface area contributed by atoms with Crippen LogP contribution in [0.1, 0.15) is 12.0 Å². The summed E-state index contributed by atoms with van der Waals surface area (Å²) >= 11 is 3.49. The van der Waals surface area contributed by atoms with E-state index in [1.54, 1.807) is 0 Å². The molecule has 0 spiro atoms. The van der Waals surface area contributed by atoms with Gasteiger partial charge in [-0.3, -0.25) is 4.90 Å². The Morgan fingerprint density at radius 2 is 2.12 bits per heavy atom. The van der Waals surface area contributed by atoms with Crippen molar-refractivity contribution in [3.63, 3.8) is 0 Å². The zero-order chi connectivity index (χ0) is 11.9. The van der Waals surface area contributed by atoms with Gasteiger partial charge in [0, 0.05) is 18.4 Å². The van der Waals surface area contributed by atoms with E-state index in [9.17, 15) is 0 Å². The summed E-state index contributed by atoms with van der Waals surface area (Å²) in [6.45, 7) is 4.21. The van der Waals surface area contributed by atoms with Crippen molar-refractivity contribution in [1.29, 1.82) is 0 Å². The van der Waals surface area contributed by atoms with Crippen molar-refractivity contribution < 1.29 is 4.74 Å². The molecule has 0 aliphatic carbocycles. The molecule has 1 atom stereocenters. The lowest BCUT2D eigenvalue weighted by Crippen LogP contribution is -2.43. The van der Waals surface area contributed by atoms with E-state index in [4.69, 9.17) is 4.74 Å². The molecule has 2 nitrogen and oxygen atoms in total. The molecule has 1 heterocycles. The Morgan fingerprint density at radius 1 is 1.29 bits per heavy atom. The fraction of sp³-hybridized carbons (Fsp3) is 0.571. The molecule has 94 valence electrons. The molecule has 0 N–H and O–H groups in total. The molecule has 0 saturated carbocycles. The van der Waals surface area contributed by atoms with Crippen molar-refractivity contribution in [2.45, 2.75) is 18.9 Å². The van der Waals surface area contributed by atoms with Gasteiger partial charge in [-0.25, -0.2) is 0 Å². The van der Waals surface area contributed by atoms with Crippen LogP contribution in [0, 0.1) is 0 Å². The summed E-state index contributed by atoms with van der Waals surface area (Å²) < 4.78 is 5.63. The van der Waals surface area contributed by atoms with Crippen molar-refractivity contribution in [3.05, 3.63) is 35.9 Å². The molecule has 1 aromatic rings. The fourth-order valence-electron chi connectivity index (χ4n) is 2.23. The molecule has 1 unspecified atom stereocenters. The average Bonchev–Trinajstić information content (AvgIpc) is 2.40. The molecular weight excluding hydrogens is 278 g/mol. The van der Waals surface area contributed by atoms with Gasteiger partial charge in [0.15, 0.2) is 0 Å². The summed E-state index contributed by atoms with van der Waals surface area (Å²) in [6, 6.07) is 10.7. The maximum atomic E-state index is 5.63. The predicted molar refractivity (Wildman–Crippen MR) is 74.7 cm³/mol. The van der Waals surface area contributed by atoms with Crippen LogP contribution in [0.15, 0.2) is 30.3 Å². The van der Waals surface area contributed by atoms with E-state index in [2.05, 4.69) is 51.2 Å². The summed E-state index contributed by atoms with van der Waals surface area (Å²) in [5.41, 5.74) is 1.44. The number of aryl methyl sites for hydroxylation is 1. The third-order valence-electron chi connectivity index (χ3n) is 3.18. The lowest BCUT2D eigenvalue weighted by molar-refractivity contribution is -0.0153. The highest BCUT2D eigenvalue weighted by molar-refractivity contribution is 9.09. The first kappa shape index (κ1) is 13.1. The molecular formula is C14H20BrNO. The minimum atomic E-state index is 0.375. The number of rotatable bonds is 5. The van der Waals surface area contributed by atoms with Crippen molar-refractivity contribution in [2.75, 3.05) is 31.6 Å². The highest BCUT2D eigenvalue weighted by Gasteiger charge is 2.18. The topological polar surface area (TPSA) is 12.5 Å². The van der Waals surface area contributed by atoms with Crippen molar-refractivity contribution in [2.24, 2.45) is 0 Å². The number of morpholine rings is 1. The third kappa shape index (κ3) is 4.41. The minimum absolute atomic E-state index is 0.375. The van der Waals surface area contributed by atoms with Crippen LogP contribution in [0.25, 0.3) is 0 Å². The molecule has 0 bridgehead atoms. The van der Waals surface area contributed by atoms with Gasteiger partial charge >= 0.3 is 0 Å². The molecule has 2 rings (SSSR count). The van der Waals surface area contributed by atoms with Crippen LogP contribution in [0.3, 0.4) is 0 Å². The minimum Gasteiger partial charge on any atom is -0.375 e. The van der Waals surface area contributed by atoms with Crippen LogP contribution >= 0.6 is 15.9 Å². The first-order valence-electron chi connectivity index (χ1n) is 6.32. The average molecular weight is 298 g/mol. The first-order valence-corrected chi connectivity index (χ1v) is 7.44. The SMILES string of the molecule is BrCC1CN(CCCc2ccccc2)CCO1. The fourth-order valence-corrected chi connectivity index (χ4v) is 2.62. The number of ether oxygens (including phenoxy) is 1. The van der Waals surface area contributed by atoms with Gasteiger partial charge in [0.2, 0.25) is 0 Å². The lowest BCUT2D eigenvalue weighted by Gasteiger charge is -2.32. The number of hydrogen-bond acceptors (Lipinski definition) is 2. The number of benzene rings is 1. The number of hydrogen-bond donors (Lipinski definition) is 0. The standard InChI is InChI=1S/C14H20BrNO/c15-11-14-12-16(9-10-17-14)8-4-7-13-5-2-1-3-6-13/h1-3,5-6,14H,4,7-12H2. The number of halogens is 1. The summed E-state index contributed by atoms with van der Waals surface area (Å²) in [6.07, 6.45) is 2.79. The normalized spacial score (nSPS) is 21.6. The van der Waals surface area contributed by atoms with Gasteiger partial charge in [-0.15, -0.1) is 0 Å². The van der Waals surface area contributed by atoms with Crippen LogP contribution in [0.5, 0.6) is 0 Å². The van der Waals surface area contributed by atoms with Crippen molar-refractivity contribution >= 4 is 15.9 Å². The lowest BCUT2D eigenvalue weighted by atomic mass is 10.1. The second-order valence-electron chi connectivity index (χ2n) is 4.54. The molecule has 0 radical (unpaired) electrons. The van der Waals surface area contributed by atoms with Crippen LogP contribution in [0.2, 0.25) is 0 Å². The maximum Gasteiger partial charge on any atom is 0.0799 e. The van der Waals surface area contributed by atoms with E-state index in [1.807, 2.05) is 0 Å². The van der Waals surface area contributed by atoms with Gasteiger partial charge in [-0.05, 0) is 24.9 Å². The van der Waals surface area contributed by atoms with Gasteiger partial charge in [0.1, 0.15) is 0 Å². The Morgan fingerprint density at radius 3 is 2.88 bits per heavy atom. The van der Waals surface area contributed by atoms with E-state index < -0.39 is 0 Å². The largest absolute Gasteiger partial charge is 0.375 e. The van der Waals surface area contributed by atoms with Crippen LogP contribution in [-0.2, 0) is 11.2 Å². The smallest absolute Gasteiger partial charge is 0.0799 e. The summed E-state index contributed by atoms with van der Waals surface area (Å²) in [4.78, 5) is 2.51. The zero-order valence-corrected chi connectivity index (χ0v) is 11.7. The Balaban J connectivity index is 1.68. The molecule has 1 saturated heterocycles. The Bertz CT molecular complexity index is 317. The second kappa shape index (κ2) is 7.14. The molecule has 1 fully saturated rings. The van der Waals surface area contributed by atoms with Crippen LogP contribution in [0.4, 0.5) is 0 Å². The van der Waals surface area contributed by atoms with Gasteiger partial charge in [0.05, 0.1) is 12.7 Å². The molecule has 1 aromatic carbocycles. The van der Waals surface area contributed by atoms with E-state index in [0.717, 1.165) is 25.0 Å². The third-order valence-corrected chi connectivity index (χ3v) is 3.90. The molecule has 1 aliphatic rings. The Hall–Kier alpha value is -0.380. The van der Waals surface area contributed by atoms with E-state index in [0.29, 0.717) is 6.10 Å². The van der Waals surface area contributed by atoms with E-state index in [1.165, 1.54) is 24.9 Å². The zero-order valence-electron chi connectivity index (χ0n) is 10.1. The summed E-state index contributed by atoms with van der Waals surface area (Å²) in [7, 11) is 0. The number of nitrogens with zero attached hydrogens (tertiary/aromatic N) is 1. The van der Waals surface area contributed by atoms with Gasteiger partial charge in [-0.1, -0.05) is 46.3 Å². The first-order chi connectivity index (χ1) is 8.38. The highest BCUT2D eigenvalue weighted by atomic mass is 79.9. The highest BCUT2D eigenvalue weighted by Crippen LogP contribution is 2.09. The van der Waals surface area contributed by atoms with Gasteiger partial charge < -0.3 is 4.74 Å². The van der Waals surface area contributed by atoms with Gasteiger partial charge in [0.25, 0.3) is 0 Å². The molecule has 3 heteroatoms. The van der Waals surface area contributed by atoms with Crippen LogP contribution < -0.4 is 0 Å². The summed E-state index contributed by atoms with van der Waals surface area (Å²) in [5.74, 6) is 0. The summed E-state index contributed by atoms with van der Waals surface area (Å²) in [5, 5.41) is 0.947. The molecule has 0 aromatic heterocycles. The predicted octanol–water partition coefficient (Wildman–Crippen LogP) is 2.71. The molecule has 1 aliphatic heterocycles. The second-order valence-corrected chi connectivity index (χ2v) is 5.18.